The first-order chi connectivity index (χ1) is 13.0. The number of nitrogens with one attached hydrogen (secondary N) is 1. The Morgan fingerprint density at radius 2 is 2.00 bits per heavy atom. The number of amides is 1. The van der Waals surface area contributed by atoms with Gasteiger partial charge >= 0.3 is 5.97 Å². The number of hydrogen-bond acceptors (Lipinski definition) is 6. The predicted octanol–water partition coefficient (Wildman–Crippen LogP) is 2.35. The lowest BCUT2D eigenvalue weighted by atomic mass is 10.1. The molecule has 0 saturated carbocycles. The fourth-order valence-electron chi connectivity index (χ4n) is 2.97. The van der Waals surface area contributed by atoms with E-state index < -0.39 is 22.8 Å². The summed E-state index contributed by atoms with van der Waals surface area (Å²) in [6, 6.07) is 14.6. The minimum Gasteiger partial charge on any atom is -0.463 e. The van der Waals surface area contributed by atoms with Crippen LogP contribution in [0.4, 0.5) is 11.4 Å². The van der Waals surface area contributed by atoms with E-state index in [1.165, 1.54) is 18.2 Å². The predicted molar refractivity (Wildman–Crippen MR) is 97.9 cm³/mol. The zero-order valence-electron chi connectivity index (χ0n) is 14.5. The van der Waals surface area contributed by atoms with Crippen LogP contribution in [-0.4, -0.2) is 40.9 Å². The molecular weight excluding hydrogens is 350 g/mol. The number of anilines is 1. The van der Waals surface area contributed by atoms with Gasteiger partial charge in [0.15, 0.2) is 0 Å². The van der Waals surface area contributed by atoms with Gasteiger partial charge in [0, 0.05) is 30.9 Å². The molecule has 1 fully saturated rings. The first-order valence-electron chi connectivity index (χ1n) is 8.52. The average Bonchev–Trinajstić information content (AvgIpc) is 2.65. The topological polar surface area (TPSA) is 102 Å². The van der Waals surface area contributed by atoms with Gasteiger partial charge in [-0.2, -0.15) is 0 Å². The van der Waals surface area contributed by atoms with Crippen molar-refractivity contribution in [2.75, 3.05) is 18.5 Å². The Morgan fingerprint density at radius 3 is 2.74 bits per heavy atom. The maximum atomic E-state index is 12.4. The highest BCUT2D eigenvalue weighted by Crippen LogP contribution is 2.19. The van der Waals surface area contributed by atoms with Gasteiger partial charge < -0.3 is 10.1 Å². The average molecular weight is 369 g/mol. The Morgan fingerprint density at radius 1 is 1.22 bits per heavy atom. The fraction of sp³-hybridized carbons (Fsp3) is 0.263. The van der Waals surface area contributed by atoms with Crippen LogP contribution in [0.25, 0.3) is 0 Å². The number of cyclic esters (lactones) is 1. The Bertz CT molecular complexity index is 840. The van der Waals surface area contributed by atoms with Crippen molar-refractivity contribution in [3.8, 4) is 0 Å². The summed E-state index contributed by atoms with van der Waals surface area (Å²) < 4.78 is 5.11. The first-order valence-corrected chi connectivity index (χ1v) is 8.52. The van der Waals surface area contributed by atoms with E-state index in [0.717, 1.165) is 5.56 Å². The van der Waals surface area contributed by atoms with Crippen LogP contribution >= 0.6 is 0 Å². The molecule has 0 unspecified atom stereocenters. The van der Waals surface area contributed by atoms with Crippen LogP contribution in [0.2, 0.25) is 0 Å². The van der Waals surface area contributed by atoms with Crippen molar-refractivity contribution in [3.05, 3.63) is 70.3 Å². The van der Waals surface area contributed by atoms with E-state index >= 15 is 0 Å². The zero-order chi connectivity index (χ0) is 19.2. The SMILES string of the molecule is O=C(C[C@H]1C(=O)OCCN1Cc1ccccc1)Nc1cccc([N+](=O)[O-])c1. The molecule has 0 radical (unpaired) electrons. The number of hydrogen-bond donors (Lipinski definition) is 1. The maximum Gasteiger partial charge on any atom is 0.323 e. The molecule has 2 aromatic carbocycles. The summed E-state index contributed by atoms with van der Waals surface area (Å²) in [5, 5.41) is 13.5. The molecule has 1 saturated heterocycles. The molecule has 8 nitrogen and oxygen atoms in total. The van der Waals surface area contributed by atoms with Gasteiger partial charge in [-0.1, -0.05) is 36.4 Å². The Labute approximate surface area is 155 Å². The van der Waals surface area contributed by atoms with Crippen LogP contribution in [0.5, 0.6) is 0 Å². The molecule has 140 valence electrons. The highest BCUT2D eigenvalue weighted by atomic mass is 16.6. The summed E-state index contributed by atoms with van der Waals surface area (Å²) in [7, 11) is 0. The number of benzene rings is 2. The maximum absolute atomic E-state index is 12.4. The minimum atomic E-state index is -0.697. The number of carbonyl (C=O) groups excluding carboxylic acids is 2. The summed E-state index contributed by atoms with van der Waals surface area (Å²) in [4.78, 5) is 36.8. The van der Waals surface area contributed by atoms with Gasteiger partial charge in [0.05, 0.1) is 11.3 Å². The van der Waals surface area contributed by atoms with E-state index in [1.807, 2.05) is 35.2 Å². The quantitative estimate of drug-likeness (QED) is 0.476. The number of ether oxygens (including phenoxy) is 1. The Hall–Kier alpha value is -3.26. The lowest BCUT2D eigenvalue weighted by Crippen LogP contribution is -2.49. The molecule has 1 amide bonds. The van der Waals surface area contributed by atoms with E-state index in [-0.39, 0.29) is 18.7 Å². The third-order valence-electron chi connectivity index (χ3n) is 4.28. The number of nitrogens with zero attached hydrogens (tertiary/aromatic N) is 2. The normalized spacial score (nSPS) is 17.2. The molecule has 1 heterocycles. The van der Waals surface area contributed by atoms with Crippen molar-refractivity contribution in [1.82, 2.24) is 4.90 Å². The van der Waals surface area contributed by atoms with Crippen LogP contribution in [0.15, 0.2) is 54.6 Å². The van der Waals surface area contributed by atoms with E-state index in [2.05, 4.69) is 5.32 Å². The third-order valence-corrected chi connectivity index (χ3v) is 4.28. The van der Waals surface area contributed by atoms with Crippen molar-refractivity contribution < 1.29 is 19.2 Å². The third kappa shape index (κ3) is 4.89. The molecule has 1 aliphatic rings. The number of nitro benzene ring substituents is 1. The lowest BCUT2D eigenvalue weighted by Gasteiger charge is -2.33. The molecule has 2 aromatic rings. The van der Waals surface area contributed by atoms with Crippen molar-refractivity contribution in [2.45, 2.75) is 19.0 Å². The Balaban J connectivity index is 1.67. The number of carbonyl (C=O) groups is 2. The van der Waals surface area contributed by atoms with E-state index in [9.17, 15) is 19.7 Å². The molecule has 0 aliphatic carbocycles. The van der Waals surface area contributed by atoms with E-state index in [4.69, 9.17) is 4.74 Å². The zero-order valence-corrected chi connectivity index (χ0v) is 14.5. The second-order valence-electron chi connectivity index (χ2n) is 6.20. The second-order valence-corrected chi connectivity index (χ2v) is 6.20. The number of non-ortho nitro benzene ring substituents is 1. The monoisotopic (exact) mass is 369 g/mol. The smallest absolute Gasteiger partial charge is 0.323 e. The van der Waals surface area contributed by atoms with Gasteiger partial charge in [-0.15, -0.1) is 0 Å². The second kappa shape index (κ2) is 8.41. The van der Waals surface area contributed by atoms with Crippen molar-refractivity contribution in [2.24, 2.45) is 0 Å². The molecular formula is C19H19N3O5. The highest BCUT2D eigenvalue weighted by Gasteiger charge is 2.33. The van der Waals surface area contributed by atoms with E-state index in [0.29, 0.717) is 18.8 Å². The number of rotatable bonds is 6. The molecule has 27 heavy (non-hydrogen) atoms. The van der Waals surface area contributed by atoms with Gasteiger partial charge in [0.2, 0.25) is 5.91 Å². The van der Waals surface area contributed by atoms with Crippen LogP contribution in [0.3, 0.4) is 0 Å². The molecule has 0 aromatic heterocycles. The lowest BCUT2D eigenvalue weighted by molar-refractivity contribution is -0.384. The van der Waals surface area contributed by atoms with Gasteiger partial charge in [-0.3, -0.25) is 24.6 Å². The van der Waals surface area contributed by atoms with Crippen molar-refractivity contribution >= 4 is 23.3 Å². The first kappa shape index (κ1) is 18.5. The number of esters is 1. The van der Waals surface area contributed by atoms with Gasteiger partial charge in [0.25, 0.3) is 5.69 Å². The largest absolute Gasteiger partial charge is 0.463 e. The summed E-state index contributed by atoms with van der Waals surface area (Å²) in [6.07, 6.45) is -0.0889. The van der Waals surface area contributed by atoms with Crippen molar-refractivity contribution in [3.63, 3.8) is 0 Å². The number of nitro groups is 1. The Kier molecular flexibility index (Phi) is 5.77. The summed E-state index contributed by atoms with van der Waals surface area (Å²) in [5.74, 6) is -0.844. The molecule has 1 N–H and O–H groups in total. The molecule has 3 rings (SSSR count). The molecule has 0 spiro atoms. The van der Waals surface area contributed by atoms with Gasteiger partial charge in [0.1, 0.15) is 12.6 Å². The van der Waals surface area contributed by atoms with Gasteiger partial charge in [-0.05, 0) is 11.6 Å². The van der Waals surface area contributed by atoms with Gasteiger partial charge in [-0.25, -0.2) is 0 Å². The summed E-state index contributed by atoms with van der Waals surface area (Å²) in [6.45, 7) is 1.36. The molecule has 1 atom stereocenters. The molecule has 1 aliphatic heterocycles. The van der Waals surface area contributed by atoms with Crippen molar-refractivity contribution in [1.29, 1.82) is 0 Å². The van der Waals surface area contributed by atoms with Crippen LogP contribution < -0.4 is 5.32 Å². The molecule has 8 heteroatoms. The summed E-state index contributed by atoms with van der Waals surface area (Å²) >= 11 is 0. The molecule has 0 bridgehead atoms. The fourth-order valence-corrected chi connectivity index (χ4v) is 2.97. The summed E-state index contributed by atoms with van der Waals surface area (Å²) in [5.41, 5.74) is 1.24. The van der Waals surface area contributed by atoms with Crippen LogP contribution in [-0.2, 0) is 20.9 Å². The van der Waals surface area contributed by atoms with Crippen LogP contribution in [0, 0.1) is 10.1 Å². The van der Waals surface area contributed by atoms with E-state index in [1.54, 1.807) is 6.07 Å². The highest BCUT2D eigenvalue weighted by molar-refractivity contribution is 5.94. The minimum absolute atomic E-state index is 0.0889. The standard InChI is InChI=1S/C19H19N3O5/c23-18(20-15-7-4-8-16(11-15)22(25)26)12-17-19(24)27-10-9-21(17)13-14-5-2-1-3-6-14/h1-8,11,17H,9-10,12-13H2,(H,20,23)/t17-/m0/s1. The number of morpholine rings is 1. The van der Waals surface area contributed by atoms with Crippen LogP contribution in [0.1, 0.15) is 12.0 Å².